The number of aliphatic hydroxyl groups excluding tert-OH is 1. The van der Waals surface area contributed by atoms with Crippen molar-refractivity contribution >= 4 is 17.0 Å². The molecule has 1 unspecified atom stereocenters. The molecule has 2 rings (SSSR count). The largest absolute Gasteiger partial charge is 0.416 e. The number of aryl methyl sites for hydroxylation is 1. The zero-order valence-corrected chi connectivity index (χ0v) is 10.8. The Morgan fingerprint density at radius 1 is 1.26 bits per heavy atom. The van der Waals surface area contributed by atoms with E-state index in [1.54, 1.807) is 18.4 Å². The normalized spacial score (nSPS) is 13.5. The van der Waals surface area contributed by atoms with Crippen molar-refractivity contribution in [2.24, 2.45) is 0 Å². The quantitative estimate of drug-likeness (QED) is 0.827. The number of benzene rings is 1. The van der Waals surface area contributed by atoms with Crippen LogP contribution in [0.3, 0.4) is 0 Å². The smallest absolute Gasteiger partial charge is 0.398 e. The van der Waals surface area contributed by atoms with Crippen LogP contribution in [-0.4, -0.2) is 5.11 Å². The van der Waals surface area contributed by atoms with Crippen LogP contribution in [0.25, 0.3) is 0 Å². The molecule has 0 bridgehead atoms. The van der Waals surface area contributed by atoms with Crippen LogP contribution in [0.1, 0.15) is 27.7 Å². The van der Waals surface area contributed by atoms with Gasteiger partial charge in [0.1, 0.15) is 6.10 Å². The molecule has 0 saturated heterocycles. The molecule has 0 radical (unpaired) electrons. The van der Waals surface area contributed by atoms with Gasteiger partial charge in [0.15, 0.2) is 0 Å². The van der Waals surface area contributed by atoms with Crippen LogP contribution in [0.5, 0.6) is 0 Å². The predicted molar refractivity (Wildman–Crippen MR) is 69.0 cm³/mol. The van der Waals surface area contributed by atoms with Crippen LogP contribution in [0.4, 0.5) is 18.9 Å². The summed E-state index contributed by atoms with van der Waals surface area (Å²) in [5, 5.41) is 12.0. The van der Waals surface area contributed by atoms with Gasteiger partial charge in [0.2, 0.25) is 0 Å². The Kier molecular flexibility index (Phi) is 3.56. The van der Waals surface area contributed by atoms with Crippen molar-refractivity contribution in [3.8, 4) is 0 Å². The number of hydrogen-bond acceptors (Lipinski definition) is 3. The zero-order valence-electron chi connectivity index (χ0n) is 10.0. The molecule has 102 valence electrons. The first-order chi connectivity index (χ1) is 8.80. The monoisotopic (exact) mass is 287 g/mol. The number of aliphatic hydroxyl groups is 1. The Morgan fingerprint density at radius 2 is 1.95 bits per heavy atom. The summed E-state index contributed by atoms with van der Waals surface area (Å²) >= 11 is 1.29. The van der Waals surface area contributed by atoms with Crippen molar-refractivity contribution in [2.45, 2.75) is 19.2 Å². The molecular formula is C13H12F3NOS. The predicted octanol–water partition coefficient (Wildman–Crippen LogP) is 3.74. The maximum Gasteiger partial charge on any atom is 0.416 e. The highest BCUT2D eigenvalue weighted by Crippen LogP contribution is 2.36. The zero-order chi connectivity index (χ0) is 14.2. The molecule has 1 heterocycles. The summed E-state index contributed by atoms with van der Waals surface area (Å²) in [5.74, 6) is 0. The molecule has 0 fully saturated rings. The Morgan fingerprint density at radius 3 is 2.47 bits per heavy atom. The SMILES string of the molecule is Cc1ccsc1C(O)c1cc(C(F)(F)F)ccc1N. The lowest BCUT2D eigenvalue weighted by molar-refractivity contribution is -0.137. The van der Waals surface area contributed by atoms with E-state index in [0.717, 1.165) is 17.7 Å². The first-order valence-electron chi connectivity index (χ1n) is 5.49. The lowest BCUT2D eigenvalue weighted by Crippen LogP contribution is -2.09. The number of nitrogens with two attached hydrogens (primary N) is 1. The van der Waals surface area contributed by atoms with Crippen LogP contribution in [0.2, 0.25) is 0 Å². The summed E-state index contributed by atoms with van der Waals surface area (Å²) in [6.45, 7) is 1.79. The van der Waals surface area contributed by atoms with Gasteiger partial charge in [0, 0.05) is 16.1 Å². The highest BCUT2D eigenvalue weighted by molar-refractivity contribution is 7.10. The van der Waals surface area contributed by atoms with Crippen LogP contribution in [0, 0.1) is 6.92 Å². The Labute approximate surface area is 112 Å². The molecule has 0 aliphatic heterocycles. The Balaban J connectivity index is 2.47. The number of alkyl halides is 3. The van der Waals surface area contributed by atoms with Crippen molar-refractivity contribution in [1.29, 1.82) is 0 Å². The van der Waals surface area contributed by atoms with E-state index in [9.17, 15) is 18.3 Å². The van der Waals surface area contributed by atoms with Crippen molar-refractivity contribution in [3.63, 3.8) is 0 Å². The molecule has 2 nitrogen and oxygen atoms in total. The van der Waals surface area contributed by atoms with Gasteiger partial charge in [-0.05, 0) is 42.1 Å². The number of hydrogen-bond donors (Lipinski definition) is 2. The topological polar surface area (TPSA) is 46.2 Å². The first kappa shape index (κ1) is 13.9. The third kappa shape index (κ3) is 2.74. The third-order valence-corrected chi connectivity index (χ3v) is 3.93. The summed E-state index contributed by atoms with van der Waals surface area (Å²) < 4.78 is 38.0. The minimum absolute atomic E-state index is 0.0837. The molecular weight excluding hydrogens is 275 g/mol. The molecule has 0 aliphatic rings. The fourth-order valence-electron chi connectivity index (χ4n) is 1.79. The average Bonchev–Trinajstić information content (AvgIpc) is 2.73. The van der Waals surface area contributed by atoms with Crippen LogP contribution >= 0.6 is 11.3 Å². The number of anilines is 1. The van der Waals surface area contributed by atoms with E-state index >= 15 is 0 Å². The molecule has 0 spiro atoms. The highest BCUT2D eigenvalue weighted by Gasteiger charge is 2.31. The second kappa shape index (κ2) is 4.86. The third-order valence-electron chi connectivity index (χ3n) is 2.86. The first-order valence-corrected chi connectivity index (χ1v) is 6.37. The lowest BCUT2D eigenvalue weighted by atomic mass is 10.0. The van der Waals surface area contributed by atoms with Gasteiger partial charge >= 0.3 is 6.18 Å². The second-order valence-corrected chi connectivity index (χ2v) is 5.16. The molecule has 1 atom stereocenters. The molecule has 3 N–H and O–H groups in total. The van der Waals surface area contributed by atoms with Gasteiger partial charge in [0.25, 0.3) is 0 Å². The van der Waals surface area contributed by atoms with Crippen LogP contribution < -0.4 is 5.73 Å². The van der Waals surface area contributed by atoms with Crippen LogP contribution in [0.15, 0.2) is 29.6 Å². The van der Waals surface area contributed by atoms with E-state index in [0.29, 0.717) is 4.88 Å². The van der Waals surface area contributed by atoms with Crippen molar-refractivity contribution in [1.82, 2.24) is 0 Å². The van der Waals surface area contributed by atoms with E-state index in [1.165, 1.54) is 17.4 Å². The second-order valence-electron chi connectivity index (χ2n) is 4.21. The number of nitrogen functional groups attached to an aromatic ring is 1. The Bertz CT molecular complexity index is 592. The van der Waals surface area contributed by atoms with Gasteiger partial charge in [-0.15, -0.1) is 11.3 Å². The highest BCUT2D eigenvalue weighted by atomic mass is 32.1. The summed E-state index contributed by atoms with van der Waals surface area (Å²) in [6, 6.07) is 4.78. The molecule has 6 heteroatoms. The van der Waals surface area contributed by atoms with Gasteiger partial charge in [-0.3, -0.25) is 0 Å². The van der Waals surface area contributed by atoms with Gasteiger partial charge in [-0.2, -0.15) is 13.2 Å². The minimum atomic E-state index is -4.45. The molecule has 0 saturated carbocycles. The molecule has 1 aromatic carbocycles. The maximum atomic E-state index is 12.7. The van der Waals surface area contributed by atoms with E-state index in [-0.39, 0.29) is 11.3 Å². The maximum absolute atomic E-state index is 12.7. The number of rotatable bonds is 2. The summed E-state index contributed by atoms with van der Waals surface area (Å²) in [4.78, 5) is 0.603. The van der Waals surface area contributed by atoms with E-state index < -0.39 is 17.8 Å². The van der Waals surface area contributed by atoms with Gasteiger partial charge in [-0.1, -0.05) is 0 Å². The summed E-state index contributed by atoms with van der Waals surface area (Å²) in [7, 11) is 0. The Hall–Kier alpha value is -1.53. The number of thiophene rings is 1. The van der Waals surface area contributed by atoms with E-state index in [2.05, 4.69) is 0 Å². The van der Waals surface area contributed by atoms with Gasteiger partial charge in [-0.25, -0.2) is 0 Å². The van der Waals surface area contributed by atoms with Gasteiger partial charge in [0.05, 0.1) is 5.56 Å². The molecule has 1 aromatic heterocycles. The summed E-state index contributed by atoms with van der Waals surface area (Å²) in [5.41, 5.74) is 5.91. The minimum Gasteiger partial charge on any atom is -0.398 e. The van der Waals surface area contributed by atoms with E-state index in [4.69, 9.17) is 5.73 Å². The summed E-state index contributed by atoms with van der Waals surface area (Å²) in [6.07, 6.45) is -5.59. The van der Waals surface area contributed by atoms with Crippen LogP contribution in [-0.2, 0) is 6.18 Å². The fourth-order valence-corrected chi connectivity index (χ4v) is 2.72. The van der Waals surface area contributed by atoms with Gasteiger partial charge < -0.3 is 10.8 Å². The van der Waals surface area contributed by atoms with E-state index in [1.807, 2.05) is 0 Å². The van der Waals surface area contributed by atoms with Crippen molar-refractivity contribution in [3.05, 3.63) is 51.2 Å². The van der Waals surface area contributed by atoms with Crippen molar-refractivity contribution < 1.29 is 18.3 Å². The molecule has 0 amide bonds. The molecule has 0 aliphatic carbocycles. The number of halogens is 3. The molecule has 2 aromatic rings. The molecule has 19 heavy (non-hydrogen) atoms. The van der Waals surface area contributed by atoms with Crippen molar-refractivity contribution in [2.75, 3.05) is 5.73 Å². The fraction of sp³-hybridized carbons (Fsp3) is 0.231. The lowest BCUT2D eigenvalue weighted by Gasteiger charge is -2.16. The average molecular weight is 287 g/mol. The standard InChI is InChI=1S/C13H12F3NOS/c1-7-4-5-19-12(7)11(18)9-6-8(13(14,15)16)2-3-10(9)17/h2-6,11,18H,17H2,1H3.